The van der Waals surface area contributed by atoms with Crippen LogP contribution in [-0.2, 0) is 4.79 Å². The highest BCUT2D eigenvalue weighted by molar-refractivity contribution is 6.24. The van der Waals surface area contributed by atoms with E-state index in [0.29, 0.717) is 5.75 Å². The molecule has 4 amide bonds. The highest BCUT2D eigenvalue weighted by Gasteiger charge is 2.69. The first-order valence-electron chi connectivity index (χ1n) is 7.43. The van der Waals surface area contributed by atoms with Crippen molar-refractivity contribution in [1.82, 2.24) is 10.6 Å². The van der Waals surface area contributed by atoms with Gasteiger partial charge in [0, 0.05) is 0 Å². The molecule has 0 saturated carbocycles. The van der Waals surface area contributed by atoms with Gasteiger partial charge in [0.2, 0.25) is 0 Å². The zero-order chi connectivity index (χ0) is 19.8. The Morgan fingerprint density at radius 2 is 1.89 bits per heavy atom. The summed E-state index contributed by atoms with van der Waals surface area (Å²) < 4.78 is 50.8. The number of halogens is 3. The molecule has 2 aromatic rings. The summed E-state index contributed by atoms with van der Waals surface area (Å²) in [4.78, 5) is 37.1. The molecule has 2 N–H and O–H groups in total. The SMILES string of the molecule is COc1ccc(N2C(=O)NC(NC(=O)c3ccco3)(C(F)(F)F)C2=O)cc1. The summed E-state index contributed by atoms with van der Waals surface area (Å²) >= 11 is 0. The second kappa shape index (κ2) is 6.34. The van der Waals surface area contributed by atoms with Gasteiger partial charge in [0.05, 0.1) is 19.1 Å². The Kier molecular flexibility index (Phi) is 4.30. The second-order valence-electron chi connectivity index (χ2n) is 5.45. The minimum absolute atomic E-state index is 0.128. The van der Waals surface area contributed by atoms with Crippen molar-refractivity contribution in [3.63, 3.8) is 0 Å². The Morgan fingerprint density at radius 3 is 2.41 bits per heavy atom. The number of ether oxygens (including phenoxy) is 1. The molecule has 1 fully saturated rings. The summed E-state index contributed by atoms with van der Waals surface area (Å²) in [5.74, 6) is -3.10. The lowest BCUT2D eigenvalue weighted by molar-refractivity contribution is -0.197. The minimum Gasteiger partial charge on any atom is -0.497 e. The number of methoxy groups -OCH3 is 1. The van der Waals surface area contributed by atoms with E-state index in [4.69, 9.17) is 9.15 Å². The average Bonchev–Trinajstić information content (AvgIpc) is 3.23. The third kappa shape index (κ3) is 2.96. The van der Waals surface area contributed by atoms with Crippen molar-refractivity contribution in [2.75, 3.05) is 12.0 Å². The van der Waals surface area contributed by atoms with Crippen molar-refractivity contribution in [2.24, 2.45) is 0 Å². The number of amides is 4. The van der Waals surface area contributed by atoms with Crippen LogP contribution >= 0.6 is 0 Å². The zero-order valence-electron chi connectivity index (χ0n) is 13.7. The molecule has 1 atom stereocenters. The predicted octanol–water partition coefficient (Wildman–Crippen LogP) is 2.03. The molecule has 1 aliphatic heterocycles. The maximum Gasteiger partial charge on any atom is 0.440 e. The molecule has 142 valence electrons. The Hall–Kier alpha value is -3.50. The van der Waals surface area contributed by atoms with E-state index >= 15 is 0 Å². The van der Waals surface area contributed by atoms with Gasteiger partial charge < -0.3 is 14.5 Å². The van der Waals surface area contributed by atoms with Gasteiger partial charge >= 0.3 is 12.2 Å². The lowest BCUT2D eigenvalue weighted by Crippen LogP contribution is -2.69. The topological polar surface area (TPSA) is 101 Å². The maximum atomic E-state index is 13.7. The number of carbonyl (C=O) groups excluding carboxylic acids is 3. The van der Waals surface area contributed by atoms with Crippen LogP contribution in [0.25, 0.3) is 0 Å². The number of hydrogen-bond donors (Lipinski definition) is 2. The van der Waals surface area contributed by atoms with Crippen LogP contribution in [0.1, 0.15) is 10.6 Å². The van der Waals surface area contributed by atoms with Crippen LogP contribution in [0.4, 0.5) is 23.7 Å². The molecule has 0 spiro atoms. The molecule has 1 aromatic heterocycles. The average molecular weight is 383 g/mol. The number of furan rings is 1. The third-order valence-electron chi connectivity index (χ3n) is 3.82. The van der Waals surface area contributed by atoms with E-state index in [1.807, 2.05) is 0 Å². The van der Waals surface area contributed by atoms with E-state index in [1.165, 1.54) is 48.1 Å². The van der Waals surface area contributed by atoms with E-state index in [-0.39, 0.29) is 10.6 Å². The van der Waals surface area contributed by atoms with Crippen LogP contribution in [-0.4, -0.2) is 36.8 Å². The second-order valence-corrected chi connectivity index (χ2v) is 5.45. The van der Waals surface area contributed by atoms with Gasteiger partial charge in [0.15, 0.2) is 5.76 Å². The van der Waals surface area contributed by atoms with E-state index in [0.717, 1.165) is 12.3 Å². The van der Waals surface area contributed by atoms with Gasteiger partial charge in [0.1, 0.15) is 5.75 Å². The fourth-order valence-corrected chi connectivity index (χ4v) is 2.48. The molecule has 0 bridgehead atoms. The smallest absolute Gasteiger partial charge is 0.440 e. The molecule has 3 rings (SSSR count). The predicted molar refractivity (Wildman–Crippen MR) is 84.0 cm³/mol. The Bertz CT molecular complexity index is 880. The number of benzene rings is 1. The number of carbonyl (C=O) groups is 3. The molecule has 1 aromatic carbocycles. The van der Waals surface area contributed by atoms with Crippen LogP contribution in [0.3, 0.4) is 0 Å². The Balaban J connectivity index is 1.98. The van der Waals surface area contributed by atoms with E-state index < -0.39 is 35.4 Å². The third-order valence-corrected chi connectivity index (χ3v) is 3.82. The molecule has 2 heterocycles. The lowest BCUT2D eigenvalue weighted by atomic mass is 10.1. The molecule has 1 unspecified atom stereocenters. The largest absolute Gasteiger partial charge is 0.497 e. The van der Waals surface area contributed by atoms with Crippen LogP contribution in [0.5, 0.6) is 5.75 Å². The molecule has 1 saturated heterocycles. The highest BCUT2D eigenvalue weighted by atomic mass is 19.4. The van der Waals surface area contributed by atoms with Crippen molar-refractivity contribution in [1.29, 1.82) is 0 Å². The van der Waals surface area contributed by atoms with Gasteiger partial charge in [0.25, 0.3) is 17.5 Å². The molecule has 0 radical (unpaired) electrons. The molecule has 0 aliphatic carbocycles. The summed E-state index contributed by atoms with van der Waals surface area (Å²) in [7, 11) is 1.38. The van der Waals surface area contributed by atoms with E-state index in [9.17, 15) is 27.6 Å². The number of alkyl halides is 3. The number of nitrogens with zero attached hydrogens (tertiary/aromatic N) is 1. The van der Waals surface area contributed by atoms with Gasteiger partial charge in [-0.25, -0.2) is 9.69 Å². The summed E-state index contributed by atoms with van der Waals surface area (Å²) in [6.45, 7) is 0. The fourth-order valence-electron chi connectivity index (χ4n) is 2.48. The summed E-state index contributed by atoms with van der Waals surface area (Å²) in [5, 5.41) is 3.07. The molecule has 1 aliphatic rings. The van der Waals surface area contributed by atoms with Crippen LogP contribution in [0.2, 0.25) is 0 Å². The van der Waals surface area contributed by atoms with Crippen LogP contribution < -0.4 is 20.3 Å². The lowest BCUT2D eigenvalue weighted by Gasteiger charge is -2.29. The first kappa shape index (κ1) is 18.3. The molecular formula is C16H12F3N3O5. The van der Waals surface area contributed by atoms with Crippen molar-refractivity contribution in [3.05, 3.63) is 48.4 Å². The van der Waals surface area contributed by atoms with Gasteiger partial charge in [-0.1, -0.05) is 0 Å². The quantitative estimate of drug-likeness (QED) is 0.787. The molecular weight excluding hydrogens is 371 g/mol. The van der Waals surface area contributed by atoms with Crippen molar-refractivity contribution >= 4 is 23.5 Å². The van der Waals surface area contributed by atoms with E-state index in [2.05, 4.69) is 0 Å². The number of anilines is 1. The van der Waals surface area contributed by atoms with Gasteiger partial charge in [-0.05, 0) is 36.4 Å². The molecule has 8 nitrogen and oxygen atoms in total. The van der Waals surface area contributed by atoms with Crippen LogP contribution in [0.15, 0.2) is 47.1 Å². The van der Waals surface area contributed by atoms with E-state index in [1.54, 1.807) is 0 Å². The highest BCUT2D eigenvalue weighted by Crippen LogP contribution is 2.36. The van der Waals surface area contributed by atoms with Gasteiger partial charge in [-0.15, -0.1) is 0 Å². The first-order valence-corrected chi connectivity index (χ1v) is 7.43. The summed E-state index contributed by atoms with van der Waals surface area (Å²) in [5.41, 5.74) is -3.76. The standard InChI is InChI=1S/C16H12F3N3O5/c1-26-10-6-4-9(5-7-10)22-13(24)15(16(17,18)19,21-14(22)25)20-12(23)11-3-2-8-27-11/h2-8H,1H3,(H,20,23)(H,21,25). The Labute approximate surface area is 149 Å². The molecule has 11 heteroatoms. The first-order chi connectivity index (χ1) is 12.7. The van der Waals surface area contributed by atoms with Crippen LogP contribution in [0, 0.1) is 0 Å². The van der Waals surface area contributed by atoms with Gasteiger partial charge in [-0.3, -0.25) is 14.9 Å². The number of urea groups is 1. The van der Waals surface area contributed by atoms with Crippen molar-refractivity contribution < 1.29 is 36.7 Å². The van der Waals surface area contributed by atoms with Crippen molar-refractivity contribution in [3.8, 4) is 5.75 Å². The summed E-state index contributed by atoms with van der Waals surface area (Å²) in [6.07, 6.45) is -4.24. The van der Waals surface area contributed by atoms with Crippen molar-refractivity contribution in [2.45, 2.75) is 11.8 Å². The number of imide groups is 1. The van der Waals surface area contributed by atoms with Gasteiger partial charge in [-0.2, -0.15) is 13.2 Å². The fraction of sp³-hybridized carbons (Fsp3) is 0.188. The molecule has 27 heavy (non-hydrogen) atoms. The number of hydrogen-bond acceptors (Lipinski definition) is 5. The maximum absolute atomic E-state index is 13.7. The minimum atomic E-state index is -5.32. The summed E-state index contributed by atoms with van der Waals surface area (Å²) in [6, 6.07) is 6.25. The monoisotopic (exact) mass is 383 g/mol. The normalized spacial score (nSPS) is 19.8. The number of nitrogens with one attached hydrogen (secondary N) is 2. The Morgan fingerprint density at radius 1 is 1.22 bits per heavy atom. The zero-order valence-corrected chi connectivity index (χ0v) is 13.7. The number of rotatable bonds is 4.